The summed E-state index contributed by atoms with van der Waals surface area (Å²) in [6.07, 6.45) is 2.35. The predicted octanol–water partition coefficient (Wildman–Crippen LogP) is 2.89. The van der Waals surface area contributed by atoms with Gasteiger partial charge in [0.05, 0.1) is 12.1 Å². The third kappa shape index (κ3) is 3.67. The first-order valence-electron chi connectivity index (χ1n) is 9.32. The highest BCUT2D eigenvalue weighted by molar-refractivity contribution is 5.97. The van der Waals surface area contributed by atoms with Gasteiger partial charge in [-0.2, -0.15) is 0 Å². The minimum atomic E-state index is -0.607. The van der Waals surface area contributed by atoms with Gasteiger partial charge in [0.1, 0.15) is 5.75 Å². The largest absolute Gasteiger partial charge is 0.508 e. The molecule has 2 aliphatic rings. The molecule has 0 unspecified atom stereocenters. The van der Waals surface area contributed by atoms with Crippen LogP contribution in [0.4, 0.5) is 0 Å². The minimum absolute atomic E-state index is 0.0875. The summed E-state index contributed by atoms with van der Waals surface area (Å²) in [4.78, 5) is 14.6. The number of rotatable bonds is 5. The fourth-order valence-corrected chi connectivity index (χ4v) is 4.75. The van der Waals surface area contributed by atoms with Crippen molar-refractivity contribution in [3.05, 3.63) is 65.7 Å². The molecule has 0 amide bonds. The second-order valence-corrected chi connectivity index (χ2v) is 7.98. The number of hydrogen-bond donors (Lipinski definition) is 2. The predicted molar refractivity (Wildman–Crippen MR) is 100 cm³/mol. The van der Waals surface area contributed by atoms with Crippen LogP contribution in [-0.2, 0) is 6.42 Å². The SMILES string of the molecule is O=C(CN1C[C@@H]2C[C@](O)(Cc3ccccc3)C[C@@H]2C1)c1ccc(O)cc1. The Morgan fingerprint density at radius 3 is 2.23 bits per heavy atom. The van der Waals surface area contributed by atoms with Crippen LogP contribution in [-0.4, -0.2) is 46.1 Å². The Morgan fingerprint density at radius 2 is 1.62 bits per heavy atom. The van der Waals surface area contributed by atoms with Crippen molar-refractivity contribution in [2.24, 2.45) is 11.8 Å². The van der Waals surface area contributed by atoms with Gasteiger partial charge in [-0.05, 0) is 54.5 Å². The van der Waals surface area contributed by atoms with Gasteiger partial charge in [-0.15, -0.1) is 0 Å². The van der Waals surface area contributed by atoms with E-state index in [0.29, 0.717) is 30.4 Å². The van der Waals surface area contributed by atoms with E-state index >= 15 is 0 Å². The summed E-state index contributed by atoms with van der Waals surface area (Å²) in [5, 5.41) is 20.4. The van der Waals surface area contributed by atoms with Crippen LogP contribution in [0.15, 0.2) is 54.6 Å². The number of fused-ring (bicyclic) bond motifs is 1. The quantitative estimate of drug-likeness (QED) is 0.813. The van der Waals surface area contributed by atoms with Crippen LogP contribution in [0.3, 0.4) is 0 Å². The third-order valence-electron chi connectivity index (χ3n) is 5.87. The third-order valence-corrected chi connectivity index (χ3v) is 5.87. The van der Waals surface area contributed by atoms with E-state index in [2.05, 4.69) is 17.0 Å². The monoisotopic (exact) mass is 351 g/mol. The average Bonchev–Trinajstić information content (AvgIpc) is 3.10. The maximum Gasteiger partial charge on any atom is 0.176 e. The molecule has 4 nitrogen and oxygen atoms in total. The van der Waals surface area contributed by atoms with E-state index in [1.165, 1.54) is 5.56 Å². The fraction of sp³-hybridized carbons (Fsp3) is 0.409. The van der Waals surface area contributed by atoms with Crippen molar-refractivity contribution in [3.8, 4) is 5.75 Å². The second-order valence-electron chi connectivity index (χ2n) is 7.98. The topological polar surface area (TPSA) is 60.8 Å². The Bertz CT molecular complexity index is 758. The maximum atomic E-state index is 12.4. The van der Waals surface area contributed by atoms with Crippen molar-refractivity contribution in [1.82, 2.24) is 4.90 Å². The van der Waals surface area contributed by atoms with Gasteiger partial charge in [0.25, 0.3) is 0 Å². The number of hydrogen-bond acceptors (Lipinski definition) is 4. The molecule has 0 bridgehead atoms. The number of ketones is 1. The highest BCUT2D eigenvalue weighted by Crippen LogP contribution is 2.45. The van der Waals surface area contributed by atoms with E-state index in [4.69, 9.17) is 0 Å². The lowest BCUT2D eigenvalue weighted by Crippen LogP contribution is -2.34. The van der Waals surface area contributed by atoms with Gasteiger partial charge in [-0.1, -0.05) is 30.3 Å². The van der Waals surface area contributed by atoms with Crippen LogP contribution < -0.4 is 0 Å². The van der Waals surface area contributed by atoms with Crippen molar-refractivity contribution >= 4 is 5.78 Å². The Labute approximate surface area is 154 Å². The molecular weight excluding hydrogens is 326 g/mol. The van der Waals surface area contributed by atoms with Crippen molar-refractivity contribution in [3.63, 3.8) is 0 Å². The summed E-state index contributed by atoms with van der Waals surface area (Å²) in [6, 6.07) is 16.6. The molecule has 1 saturated heterocycles. The molecule has 0 radical (unpaired) electrons. The van der Waals surface area contributed by atoms with E-state index < -0.39 is 5.60 Å². The smallest absolute Gasteiger partial charge is 0.176 e. The second kappa shape index (κ2) is 6.86. The number of Topliss-reactive ketones (excluding diaryl/α,β-unsaturated/α-hetero) is 1. The summed E-state index contributed by atoms with van der Waals surface area (Å²) < 4.78 is 0. The van der Waals surface area contributed by atoms with E-state index in [1.54, 1.807) is 24.3 Å². The molecule has 4 heteroatoms. The van der Waals surface area contributed by atoms with E-state index in [1.807, 2.05) is 18.2 Å². The van der Waals surface area contributed by atoms with E-state index in [9.17, 15) is 15.0 Å². The molecule has 1 aliphatic carbocycles. The molecule has 3 atom stereocenters. The zero-order chi connectivity index (χ0) is 18.1. The molecule has 1 heterocycles. The van der Waals surface area contributed by atoms with Crippen molar-refractivity contribution in [1.29, 1.82) is 0 Å². The van der Waals surface area contributed by atoms with Crippen molar-refractivity contribution < 1.29 is 15.0 Å². The summed E-state index contributed by atoms with van der Waals surface area (Å²) in [5.74, 6) is 1.20. The van der Waals surface area contributed by atoms with Crippen LogP contribution >= 0.6 is 0 Å². The number of benzene rings is 2. The lowest BCUT2D eigenvalue weighted by molar-refractivity contribution is 0.0355. The highest BCUT2D eigenvalue weighted by Gasteiger charge is 2.48. The Kier molecular flexibility index (Phi) is 4.55. The number of likely N-dealkylation sites (tertiary alicyclic amines) is 1. The minimum Gasteiger partial charge on any atom is -0.508 e. The van der Waals surface area contributed by atoms with Crippen LogP contribution in [0.5, 0.6) is 5.75 Å². The summed E-state index contributed by atoms with van der Waals surface area (Å²) >= 11 is 0. The molecule has 2 N–H and O–H groups in total. The van der Waals surface area contributed by atoms with Gasteiger partial charge < -0.3 is 10.2 Å². The molecule has 1 aliphatic heterocycles. The number of phenols is 1. The summed E-state index contributed by atoms with van der Waals surface area (Å²) in [7, 11) is 0. The normalized spacial score (nSPS) is 28.2. The first-order chi connectivity index (χ1) is 12.5. The molecule has 26 heavy (non-hydrogen) atoms. The van der Waals surface area contributed by atoms with Gasteiger partial charge in [0.2, 0.25) is 0 Å². The average molecular weight is 351 g/mol. The van der Waals surface area contributed by atoms with Gasteiger partial charge in [0, 0.05) is 25.1 Å². The molecular formula is C22H25NO3. The Balaban J connectivity index is 1.33. The lowest BCUT2D eigenvalue weighted by Gasteiger charge is -2.26. The molecule has 0 spiro atoms. The number of nitrogens with zero attached hydrogens (tertiary/aromatic N) is 1. The van der Waals surface area contributed by atoms with Gasteiger partial charge >= 0.3 is 0 Å². The fourth-order valence-electron chi connectivity index (χ4n) is 4.75. The van der Waals surface area contributed by atoms with Crippen molar-refractivity contribution in [2.75, 3.05) is 19.6 Å². The number of aromatic hydroxyl groups is 1. The summed E-state index contributed by atoms with van der Waals surface area (Å²) in [6.45, 7) is 2.17. The van der Waals surface area contributed by atoms with Crippen LogP contribution in [0.1, 0.15) is 28.8 Å². The van der Waals surface area contributed by atoms with Crippen LogP contribution in [0, 0.1) is 11.8 Å². The molecule has 4 rings (SSSR count). The lowest BCUT2D eigenvalue weighted by atomic mass is 9.91. The molecule has 2 aromatic rings. The molecule has 136 valence electrons. The molecule has 2 fully saturated rings. The zero-order valence-corrected chi connectivity index (χ0v) is 14.8. The first-order valence-corrected chi connectivity index (χ1v) is 9.32. The zero-order valence-electron chi connectivity index (χ0n) is 14.8. The number of carbonyl (C=O) groups is 1. The van der Waals surface area contributed by atoms with E-state index in [0.717, 1.165) is 25.9 Å². The molecule has 1 saturated carbocycles. The standard InChI is InChI=1S/C22H25NO3/c24-20-8-6-17(7-9-20)21(25)15-23-13-18-11-22(26,12-19(18)14-23)10-16-4-2-1-3-5-16/h1-9,18-19,24,26H,10-15H2/t18-,19+,22+. The van der Waals surface area contributed by atoms with Crippen LogP contribution in [0.2, 0.25) is 0 Å². The number of phenolic OH excluding ortho intramolecular Hbond substituents is 1. The van der Waals surface area contributed by atoms with Gasteiger partial charge in [-0.3, -0.25) is 9.69 Å². The van der Waals surface area contributed by atoms with Crippen molar-refractivity contribution in [2.45, 2.75) is 24.9 Å². The molecule has 0 aromatic heterocycles. The maximum absolute atomic E-state index is 12.4. The highest BCUT2D eigenvalue weighted by atomic mass is 16.3. The Hall–Kier alpha value is -2.17. The van der Waals surface area contributed by atoms with E-state index in [-0.39, 0.29) is 11.5 Å². The van der Waals surface area contributed by atoms with Crippen LogP contribution in [0.25, 0.3) is 0 Å². The first kappa shape index (κ1) is 17.3. The van der Waals surface area contributed by atoms with Gasteiger partial charge in [-0.25, -0.2) is 0 Å². The number of aliphatic hydroxyl groups is 1. The molecule has 2 aromatic carbocycles. The number of carbonyl (C=O) groups excluding carboxylic acids is 1. The Morgan fingerprint density at radius 1 is 1.00 bits per heavy atom. The summed E-state index contributed by atoms with van der Waals surface area (Å²) in [5.41, 5.74) is 1.22. The van der Waals surface area contributed by atoms with Gasteiger partial charge in [0.15, 0.2) is 5.78 Å².